The maximum Gasteiger partial charge on any atom is 0.236 e. The maximum absolute atomic E-state index is 11.1. The summed E-state index contributed by atoms with van der Waals surface area (Å²) in [4.78, 5) is 12.7. The molecule has 0 fully saturated rings. The van der Waals surface area contributed by atoms with Crippen LogP contribution in [0, 0.1) is 0 Å². The van der Waals surface area contributed by atoms with Gasteiger partial charge in [0.15, 0.2) is 0 Å². The Morgan fingerprint density at radius 1 is 1.44 bits per heavy atom. The number of hydrogen-bond donors (Lipinski definition) is 1. The van der Waals surface area contributed by atoms with Gasteiger partial charge in [-0.1, -0.05) is 15.9 Å². The number of ether oxygens (including phenoxy) is 1. The van der Waals surface area contributed by atoms with E-state index in [1.807, 2.05) is 24.3 Å². The topological polar surface area (TPSA) is 55.6 Å². The summed E-state index contributed by atoms with van der Waals surface area (Å²) in [5, 5.41) is 0. The zero-order valence-electron chi connectivity index (χ0n) is 9.15. The van der Waals surface area contributed by atoms with Crippen LogP contribution in [-0.4, -0.2) is 37.6 Å². The molecule has 0 saturated heterocycles. The van der Waals surface area contributed by atoms with E-state index >= 15 is 0 Å². The fourth-order valence-corrected chi connectivity index (χ4v) is 1.38. The minimum absolute atomic E-state index is 0.0365. The molecule has 0 aliphatic rings. The molecule has 0 unspecified atom stereocenters. The van der Waals surface area contributed by atoms with Crippen LogP contribution in [0.15, 0.2) is 28.7 Å². The van der Waals surface area contributed by atoms with E-state index in [-0.39, 0.29) is 12.5 Å². The number of hydrogen-bond acceptors (Lipinski definition) is 3. The molecule has 16 heavy (non-hydrogen) atoms. The summed E-state index contributed by atoms with van der Waals surface area (Å²) in [5.74, 6) is 0.705. The number of likely N-dealkylation sites (N-methyl/N-ethyl adjacent to an activating group) is 1. The second-order valence-corrected chi connectivity index (χ2v) is 4.24. The van der Waals surface area contributed by atoms with Crippen LogP contribution in [-0.2, 0) is 4.79 Å². The number of amides is 1. The quantitative estimate of drug-likeness (QED) is 0.886. The maximum atomic E-state index is 11.1. The predicted molar refractivity (Wildman–Crippen MR) is 66.3 cm³/mol. The highest BCUT2D eigenvalue weighted by Crippen LogP contribution is 2.15. The normalized spacial score (nSPS) is 9.94. The molecule has 5 heteroatoms. The largest absolute Gasteiger partial charge is 0.492 e. The van der Waals surface area contributed by atoms with Crippen molar-refractivity contribution in [2.45, 2.75) is 0 Å². The number of nitrogens with two attached hydrogens (primary N) is 1. The first-order chi connectivity index (χ1) is 7.63. The lowest BCUT2D eigenvalue weighted by atomic mass is 10.3. The molecule has 4 nitrogen and oxygen atoms in total. The minimum atomic E-state index is -0.0839. The molecule has 1 aromatic rings. The van der Waals surface area contributed by atoms with E-state index in [9.17, 15) is 4.79 Å². The Kier molecular flexibility index (Phi) is 5.28. The average molecular weight is 287 g/mol. The van der Waals surface area contributed by atoms with E-state index in [2.05, 4.69) is 15.9 Å². The summed E-state index contributed by atoms with van der Waals surface area (Å²) in [6.07, 6.45) is 0. The van der Waals surface area contributed by atoms with Crippen molar-refractivity contribution in [1.82, 2.24) is 4.90 Å². The Balaban J connectivity index is 2.30. The fraction of sp³-hybridized carbons (Fsp3) is 0.364. The molecular weight excluding hydrogens is 272 g/mol. The molecule has 88 valence electrons. The lowest BCUT2D eigenvalue weighted by molar-refractivity contribution is -0.128. The molecule has 0 radical (unpaired) electrons. The Morgan fingerprint density at radius 2 is 2.06 bits per heavy atom. The van der Waals surface area contributed by atoms with Gasteiger partial charge in [-0.05, 0) is 24.3 Å². The van der Waals surface area contributed by atoms with Gasteiger partial charge in [-0.25, -0.2) is 0 Å². The molecule has 1 amide bonds. The summed E-state index contributed by atoms with van der Waals surface area (Å²) in [6.45, 7) is 1.03. The van der Waals surface area contributed by atoms with Crippen molar-refractivity contribution in [3.05, 3.63) is 28.7 Å². The van der Waals surface area contributed by atoms with Crippen molar-refractivity contribution in [2.24, 2.45) is 5.73 Å². The van der Waals surface area contributed by atoms with Crippen molar-refractivity contribution < 1.29 is 9.53 Å². The predicted octanol–water partition coefficient (Wildman–Crippen LogP) is 1.25. The second-order valence-electron chi connectivity index (χ2n) is 3.32. The van der Waals surface area contributed by atoms with Gasteiger partial charge in [-0.2, -0.15) is 0 Å². The van der Waals surface area contributed by atoms with Gasteiger partial charge in [0, 0.05) is 11.5 Å². The van der Waals surface area contributed by atoms with Crippen LogP contribution in [0.3, 0.4) is 0 Å². The first-order valence-electron chi connectivity index (χ1n) is 4.96. The lowest BCUT2D eigenvalue weighted by Crippen LogP contribution is -2.35. The standard InChI is InChI=1S/C11H15BrN2O2/c1-14(11(15)8-13)6-7-16-10-4-2-9(12)3-5-10/h2-5H,6-8,13H2,1H3. The molecule has 0 atom stereocenters. The molecule has 2 N–H and O–H groups in total. The van der Waals surface area contributed by atoms with Crippen molar-refractivity contribution >= 4 is 21.8 Å². The van der Waals surface area contributed by atoms with Crippen LogP contribution in [0.2, 0.25) is 0 Å². The summed E-state index contributed by atoms with van der Waals surface area (Å²) >= 11 is 3.34. The lowest BCUT2D eigenvalue weighted by Gasteiger charge is -2.16. The molecule has 1 aromatic carbocycles. The van der Waals surface area contributed by atoms with Gasteiger partial charge >= 0.3 is 0 Å². The highest BCUT2D eigenvalue weighted by molar-refractivity contribution is 9.10. The molecule has 0 spiro atoms. The van der Waals surface area contributed by atoms with Crippen molar-refractivity contribution in [3.63, 3.8) is 0 Å². The molecule has 1 rings (SSSR count). The molecule has 0 aliphatic carbocycles. The van der Waals surface area contributed by atoms with Crippen LogP contribution in [0.1, 0.15) is 0 Å². The zero-order chi connectivity index (χ0) is 12.0. The highest BCUT2D eigenvalue weighted by atomic mass is 79.9. The summed E-state index contributed by atoms with van der Waals surface area (Å²) < 4.78 is 6.48. The highest BCUT2D eigenvalue weighted by Gasteiger charge is 2.05. The SMILES string of the molecule is CN(CCOc1ccc(Br)cc1)C(=O)CN. The van der Waals surface area contributed by atoms with Gasteiger partial charge in [0.25, 0.3) is 0 Å². The van der Waals surface area contributed by atoms with E-state index < -0.39 is 0 Å². The van der Waals surface area contributed by atoms with E-state index in [1.165, 1.54) is 0 Å². The summed E-state index contributed by atoms with van der Waals surface area (Å²) in [6, 6.07) is 7.55. The van der Waals surface area contributed by atoms with Crippen LogP contribution < -0.4 is 10.5 Å². The third-order valence-corrected chi connectivity index (χ3v) is 2.64. The van der Waals surface area contributed by atoms with Crippen molar-refractivity contribution in [1.29, 1.82) is 0 Å². The van der Waals surface area contributed by atoms with E-state index in [4.69, 9.17) is 10.5 Å². The van der Waals surface area contributed by atoms with Gasteiger partial charge < -0.3 is 15.4 Å². The van der Waals surface area contributed by atoms with Gasteiger partial charge in [-0.15, -0.1) is 0 Å². The van der Waals surface area contributed by atoms with Crippen LogP contribution >= 0.6 is 15.9 Å². The fourth-order valence-electron chi connectivity index (χ4n) is 1.11. The number of rotatable bonds is 5. The summed E-state index contributed by atoms with van der Waals surface area (Å²) in [7, 11) is 1.71. The van der Waals surface area contributed by atoms with Gasteiger partial charge in [-0.3, -0.25) is 4.79 Å². The number of carbonyl (C=O) groups excluding carboxylic acids is 1. The molecule has 0 aliphatic heterocycles. The first kappa shape index (κ1) is 13.0. The Bertz CT molecular complexity index is 340. The number of carbonyl (C=O) groups is 1. The summed E-state index contributed by atoms with van der Waals surface area (Å²) in [5.41, 5.74) is 5.24. The molecule has 0 heterocycles. The number of benzene rings is 1. The van der Waals surface area contributed by atoms with Gasteiger partial charge in [0.2, 0.25) is 5.91 Å². The van der Waals surface area contributed by atoms with Crippen LogP contribution in [0.5, 0.6) is 5.75 Å². The molecular formula is C11H15BrN2O2. The molecule has 0 aromatic heterocycles. The average Bonchev–Trinajstić information content (AvgIpc) is 2.30. The zero-order valence-corrected chi connectivity index (χ0v) is 10.7. The Morgan fingerprint density at radius 3 is 2.62 bits per heavy atom. The van der Waals surface area contributed by atoms with E-state index in [0.717, 1.165) is 10.2 Å². The number of nitrogens with zero attached hydrogens (tertiary/aromatic N) is 1. The first-order valence-corrected chi connectivity index (χ1v) is 5.75. The van der Waals surface area contributed by atoms with E-state index in [1.54, 1.807) is 11.9 Å². The van der Waals surface area contributed by atoms with Crippen molar-refractivity contribution in [3.8, 4) is 5.75 Å². The Labute approximate surface area is 103 Å². The number of halogens is 1. The Hall–Kier alpha value is -1.07. The third-order valence-electron chi connectivity index (χ3n) is 2.11. The van der Waals surface area contributed by atoms with Crippen molar-refractivity contribution in [2.75, 3.05) is 26.7 Å². The molecule has 0 bridgehead atoms. The molecule has 0 saturated carbocycles. The van der Waals surface area contributed by atoms with Gasteiger partial charge in [0.1, 0.15) is 12.4 Å². The second kappa shape index (κ2) is 6.50. The van der Waals surface area contributed by atoms with E-state index in [0.29, 0.717) is 13.2 Å². The third kappa shape index (κ3) is 4.20. The van der Waals surface area contributed by atoms with Gasteiger partial charge in [0.05, 0.1) is 13.1 Å². The minimum Gasteiger partial charge on any atom is -0.492 e. The van der Waals surface area contributed by atoms with Crippen LogP contribution in [0.25, 0.3) is 0 Å². The van der Waals surface area contributed by atoms with Crippen LogP contribution in [0.4, 0.5) is 0 Å². The monoisotopic (exact) mass is 286 g/mol. The smallest absolute Gasteiger partial charge is 0.236 e.